The SMILES string of the molecule is CC1CCC(NCc2cccc3ccccc23)C(C)C1. The molecule has 1 heteroatoms. The first kappa shape index (κ1) is 13.6. The van der Waals surface area contributed by atoms with Gasteiger partial charge in [-0.2, -0.15) is 0 Å². The second-order valence-electron chi connectivity index (χ2n) is 6.52. The maximum absolute atomic E-state index is 3.80. The third kappa shape index (κ3) is 2.88. The van der Waals surface area contributed by atoms with E-state index in [1.54, 1.807) is 0 Å². The van der Waals surface area contributed by atoms with E-state index in [0.717, 1.165) is 18.4 Å². The second-order valence-corrected chi connectivity index (χ2v) is 6.52. The van der Waals surface area contributed by atoms with Gasteiger partial charge in [0.25, 0.3) is 0 Å². The Balaban J connectivity index is 1.71. The molecule has 2 aromatic rings. The summed E-state index contributed by atoms with van der Waals surface area (Å²) in [6, 6.07) is 16.0. The molecule has 0 heterocycles. The molecule has 0 aromatic heterocycles. The van der Waals surface area contributed by atoms with Crippen molar-refractivity contribution in [3.63, 3.8) is 0 Å². The first-order valence-corrected chi connectivity index (χ1v) is 7.94. The van der Waals surface area contributed by atoms with E-state index in [0.29, 0.717) is 6.04 Å². The van der Waals surface area contributed by atoms with Crippen LogP contribution in [0.4, 0.5) is 0 Å². The number of hydrogen-bond donors (Lipinski definition) is 1. The van der Waals surface area contributed by atoms with Gasteiger partial charge in [-0.1, -0.05) is 56.3 Å². The number of fused-ring (bicyclic) bond motifs is 1. The van der Waals surface area contributed by atoms with E-state index in [1.807, 2.05) is 0 Å². The highest BCUT2D eigenvalue weighted by Crippen LogP contribution is 2.29. The van der Waals surface area contributed by atoms with Crippen LogP contribution in [0, 0.1) is 11.8 Å². The lowest BCUT2D eigenvalue weighted by molar-refractivity contribution is 0.227. The van der Waals surface area contributed by atoms with Crippen LogP contribution in [0.2, 0.25) is 0 Å². The average molecular weight is 267 g/mol. The van der Waals surface area contributed by atoms with Crippen molar-refractivity contribution in [3.8, 4) is 0 Å². The first-order chi connectivity index (χ1) is 9.74. The van der Waals surface area contributed by atoms with E-state index < -0.39 is 0 Å². The van der Waals surface area contributed by atoms with E-state index in [9.17, 15) is 0 Å². The molecule has 0 radical (unpaired) electrons. The van der Waals surface area contributed by atoms with Gasteiger partial charge in [0.2, 0.25) is 0 Å². The molecule has 3 unspecified atom stereocenters. The fraction of sp³-hybridized carbons (Fsp3) is 0.474. The number of benzene rings is 2. The van der Waals surface area contributed by atoms with E-state index in [-0.39, 0.29) is 0 Å². The van der Waals surface area contributed by atoms with Crippen LogP contribution >= 0.6 is 0 Å². The standard InChI is InChI=1S/C19H25N/c1-14-10-11-19(15(2)12-14)20-13-17-8-5-7-16-6-3-4-9-18(16)17/h3-9,14-15,19-20H,10-13H2,1-2H3. The van der Waals surface area contributed by atoms with Crippen molar-refractivity contribution in [1.29, 1.82) is 0 Å². The smallest absolute Gasteiger partial charge is 0.0214 e. The molecule has 0 aliphatic heterocycles. The Morgan fingerprint density at radius 1 is 1.00 bits per heavy atom. The Bertz CT molecular complexity index is 569. The minimum atomic E-state index is 0.685. The van der Waals surface area contributed by atoms with Gasteiger partial charge in [0.15, 0.2) is 0 Å². The second kappa shape index (κ2) is 5.97. The molecule has 1 fully saturated rings. The zero-order valence-corrected chi connectivity index (χ0v) is 12.6. The quantitative estimate of drug-likeness (QED) is 0.846. The summed E-state index contributed by atoms with van der Waals surface area (Å²) in [5.41, 5.74) is 1.42. The summed E-state index contributed by atoms with van der Waals surface area (Å²) in [6.45, 7) is 5.78. The summed E-state index contributed by atoms with van der Waals surface area (Å²) in [4.78, 5) is 0. The molecule has 1 saturated carbocycles. The molecule has 3 atom stereocenters. The molecule has 106 valence electrons. The third-order valence-electron chi connectivity index (χ3n) is 4.87. The lowest BCUT2D eigenvalue weighted by Gasteiger charge is -2.33. The van der Waals surface area contributed by atoms with Crippen molar-refractivity contribution in [2.24, 2.45) is 11.8 Å². The van der Waals surface area contributed by atoms with Gasteiger partial charge in [0.1, 0.15) is 0 Å². The van der Waals surface area contributed by atoms with Gasteiger partial charge < -0.3 is 5.32 Å². The minimum Gasteiger partial charge on any atom is -0.310 e. The van der Waals surface area contributed by atoms with Gasteiger partial charge in [-0.05, 0) is 47.4 Å². The highest BCUT2D eigenvalue weighted by atomic mass is 14.9. The monoisotopic (exact) mass is 267 g/mol. The van der Waals surface area contributed by atoms with Crippen molar-refractivity contribution in [2.45, 2.75) is 45.7 Å². The van der Waals surface area contributed by atoms with Crippen LogP contribution in [0.5, 0.6) is 0 Å². The Morgan fingerprint density at radius 2 is 1.80 bits per heavy atom. The van der Waals surface area contributed by atoms with Crippen LogP contribution in [0.25, 0.3) is 10.8 Å². The molecule has 1 N–H and O–H groups in total. The molecule has 0 saturated heterocycles. The first-order valence-electron chi connectivity index (χ1n) is 7.94. The van der Waals surface area contributed by atoms with Crippen LogP contribution in [-0.2, 0) is 6.54 Å². The number of hydrogen-bond acceptors (Lipinski definition) is 1. The molecule has 3 rings (SSSR count). The van der Waals surface area contributed by atoms with Crippen LogP contribution in [0.15, 0.2) is 42.5 Å². The van der Waals surface area contributed by atoms with Gasteiger partial charge in [-0.3, -0.25) is 0 Å². The fourth-order valence-electron chi connectivity index (χ4n) is 3.66. The highest BCUT2D eigenvalue weighted by Gasteiger charge is 2.24. The van der Waals surface area contributed by atoms with Crippen molar-refractivity contribution in [3.05, 3.63) is 48.0 Å². The summed E-state index contributed by atoms with van der Waals surface area (Å²) < 4.78 is 0. The summed E-state index contributed by atoms with van der Waals surface area (Å²) in [6.07, 6.45) is 4.07. The molecule has 20 heavy (non-hydrogen) atoms. The van der Waals surface area contributed by atoms with Crippen molar-refractivity contribution >= 4 is 10.8 Å². The van der Waals surface area contributed by atoms with Gasteiger partial charge in [0.05, 0.1) is 0 Å². The van der Waals surface area contributed by atoms with E-state index >= 15 is 0 Å². The van der Waals surface area contributed by atoms with Crippen LogP contribution < -0.4 is 5.32 Å². The topological polar surface area (TPSA) is 12.0 Å². The largest absolute Gasteiger partial charge is 0.310 e. The molecule has 0 bridgehead atoms. The zero-order chi connectivity index (χ0) is 13.9. The fourth-order valence-corrected chi connectivity index (χ4v) is 3.66. The lowest BCUT2D eigenvalue weighted by Crippen LogP contribution is -2.38. The number of rotatable bonds is 3. The van der Waals surface area contributed by atoms with Gasteiger partial charge in [-0.25, -0.2) is 0 Å². The van der Waals surface area contributed by atoms with Gasteiger partial charge in [-0.15, -0.1) is 0 Å². The van der Waals surface area contributed by atoms with E-state index in [4.69, 9.17) is 0 Å². The molecule has 0 spiro atoms. The van der Waals surface area contributed by atoms with E-state index in [1.165, 1.54) is 35.6 Å². The van der Waals surface area contributed by atoms with Crippen LogP contribution in [0.3, 0.4) is 0 Å². The normalized spacial score (nSPS) is 26.8. The van der Waals surface area contributed by atoms with Gasteiger partial charge >= 0.3 is 0 Å². The molecular formula is C19H25N. The molecule has 2 aromatic carbocycles. The number of nitrogens with one attached hydrogen (secondary N) is 1. The summed E-state index contributed by atoms with van der Waals surface area (Å²) in [7, 11) is 0. The zero-order valence-electron chi connectivity index (χ0n) is 12.6. The summed E-state index contributed by atoms with van der Waals surface area (Å²) in [5.74, 6) is 1.70. The molecule has 1 aliphatic carbocycles. The summed E-state index contributed by atoms with van der Waals surface area (Å²) >= 11 is 0. The Morgan fingerprint density at radius 3 is 2.65 bits per heavy atom. The van der Waals surface area contributed by atoms with Gasteiger partial charge in [0, 0.05) is 12.6 Å². The predicted octanol–water partition coefficient (Wildman–Crippen LogP) is 4.75. The van der Waals surface area contributed by atoms with Crippen molar-refractivity contribution in [1.82, 2.24) is 5.32 Å². The Kier molecular flexibility index (Phi) is 4.07. The molecular weight excluding hydrogens is 242 g/mol. The minimum absolute atomic E-state index is 0.685. The van der Waals surface area contributed by atoms with Crippen molar-refractivity contribution in [2.75, 3.05) is 0 Å². The average Bonchev–Trinajstić information content (AvgIpc) is 2.46. The third-order valence-corrected chi connectivity index (χ3v) is 4.87. The van der Waals surface area contributed by atoms with Crippen molar-refractivity contribution < 1.29 is 0 Å². The predicted molar refractivity (Wildman–Crippen MR) is 86.8 cm³/mol. The Labute approximate surface area is 122 Å². The lowest BCUT2D eigenvalue weighted by atomic mass is 9.80. The maximum Gasteiger partial charge on any atom is 0.0214 e. The summed E-state index contributed by atoms with van der Waals surface area (Å²) in [5, 5.41) is 6.53. The van der Waals surface area contributed by atoms with Crippen LogP contribution in [0.1, 0.15) is 38.7 Å². The van der Waals surface area contributed by atoms with Crippen LogP contribution in [-0.4, -0.2) is 6.04 Å². The van der Waals surface area contributed by atoms with E-state index in [2.05, 4.69) is 61.6 Å². The maximum atomic E-state index is 3.80. The Hall–Kier alpha value is -1.34. The molecule has 0 amide bonds. The highest BCUT2D eigenvalue weighted by molar-refractivity contribution is 5.85. The molecule has 1 aliphatic rings. The molecule has 1 nitrogen and oxygen atoms in total.